The molecule has 0 aliphatic carbocycles. The van der Waals surface area contributed by atoms with Gasteiger partial charge in [-0.3, -0.25) is 4.79 Å². The zero-order chi connectivity index (χ0) is 14.0. The Kier molecular flexibility index (Phi) is 4.21. The van der Waals surface area contributed by atoms with Crippen LogP contribution in [0.4, 0.5) is 5.13 Å². The number of aryl methyl sites for hydroxylation is 2. The number of nitrogen functional groups attached to an aromatic ring is 1. The number of anilines is 1. The Bertz CT molecular complexity index is 610. The molecule has 100 valence electrons. The summed E-state index contributed by atoms with van der Waals surface area (Å²) >= 11 is 2.69. The molecule has 2 N–H and O–H groups in total. The van der Waals surface area contributed by atoms with Crippen LogP contribution in [-0.2, 0) is 0 Å². The molecule has 0 fully saturated rings. The summed E-state index contributed by atoms with van der Waals surface area (Å²) in [4.78, 5) is 12.3. The van der Waals surface area contributed by atoms with Gasteiger partial charge in [-0.25, -0.2) is 0 Å². The lowest BCUT2D eigenvalue weighted by Gasteiger charge is -2.09. The first kappa shape index (κ1) is 14.0. The van der Waals surface area contributed by atoms with Gasteiger partial charge in [-0.2, -0.15) is 0 Å². The zero-order valence-corrected chi connectivity index (χ0v) is 12.6. The Morgan fingerprint density at radius 2 is 2.05 bits per heavy atom. The maximum Gasteiger partial charge on any atom is 0.203 e. The van der Waals surface area contributed by atoms with Gasteiger partial charge in [-0.1, -0.05) is 35.2 Å². The molecule has 0 amide bonds. The van der Waals surface area contributed by atoms with Crippen molar-refractivity contribution < 1.29 is 4.79 Å². The molecule has 1 atom stereocenters. The van der Waals surface area contributed by atoms with Crippen molar-refractivity contribution >= 4 is 34.0 Å². The summed E-state index contributed by atoms with van der Waals surface area (Å²) in [5.41, 5.74) is 8.58. The van der Waals surface area contributed by atoms with Gasteiger partial charge in [-0.05, 0) is 38.0 Å². The van der Waals surface area contributed by atoms with E-state index in [1.54, 1.807) is 0 Å². The van der Waals surface area contributed by atoms with E-state index in [4.69, 9.17) is 5.73 Å². The van der Waals surface area contributed by atoms with Crippen LogP contribution in [0.3, 0.4) is 0 Å². The van der Waals surface area contributed by atoms with Gasteiger partial charge in [0.1, 0.15) is 0 Å². The molecular weight excluding hydrogens is 278 g/mol. The molecule has 0 saturated heterocycles. The average molecular weight is 293 g/mol. The third-order valence-corrected chi connectivity index (χ3v) is 4.80. The number of hydrogen-bond acceptors (Lipinski definition) is 6. The molecule has 1 aromatic carbocycles. The summed E-state index contributed by atoms with van der Waals surface area (Å²) in [5, 5.41) is 7.88. The number of benzene rings is 1. The smallest absolute Gasteiger partial charge is 0.203 e. The highest BCUT2D eigenvalue weighted by Crippen LogP contribution is 2.29. The number of carbonyl (C=O) groups is 1. The number of nitrogens with two attached hydrogens (primary N) is 1. The first-order valence-corrected chi connectivity index (χ1v) is 7.54. The second-order valence-electron chi connectivity index (χ2n) is 4.33. The first-order chi connectivity index (χ1) is 8.97. The Balaban J connectivity index is 2.12. The molecular formula is C13H15N3OS2. The van der Waals surface area contributed by atoms with Gasteiger partial charge in [-0.15, -0.1) is 10.2 Å². The quantitative estimate of drug-likeness (QED) is 0.693. The number of rotatable bonds is 4. The molecule has 2 rings (SSSR count). The molecule has 4 nitrogen and oxygen atoms in total. The van der Waals surface area contributed by atoms with Crippen molar-refractivity contribution in [1.82, 2.24) is 10.2 Å². The normalized spacial score (nSPS) is 12.4. The molecule has 2 aromatic rings. The van der Waals surface area contributed by atoms with E-state index in [1.807, 2.05) is 39.0 Å². The molecule has 6 heteroatoms. The topological polar surface area (TPSA) is 68.9 Å². The molecule has 19 heavy (non-hydrogen) atoms. The Labute approximate surface area is 120 Å². The molecule has 0 aliphatic heterocycles. The second kappa shape index (κ2) is 5.71. The highest BCUT2D eigenvalue weighted by Gasteiger charge is 2.18. The van der Waals surface area contributed by atoms with Gasteiger partial charge < -0.3 is 5.73 Å². The minimum atomic E-state index is -0.200. The van der Waals surface area contributed by atoms with E-state index in [1.165, 1.54) is 28.7 Å². The third kappa shape index (κ3) is 3.33. The standard InChI is InChI=1S/C13H15N3OS2/c1-7-4-5-10(6-8(7)2)11(17)9(3)18-13-16-15-12(14)19-13/h4-6,9H,1-3H3,(H2,14,15). The lowest BCUT2D eigenvalue weighted by Crippen LogP contribution is -2.13. The second-order valence-corrected chi connectivity index (χ2v) is 6.93. The molecule has 0 spiro atoms. The van der Waals surface area contributed by atoms with E-state index in [0.29, 0.717) is 5.13 Å². The van der Waals surface area contributed by atoms with Gasteiger partial charge in [0, 0.05) is 5.56 Å². The predicted octanol–water partition coefficient (Wildman–Crippen LogP) is 3.10. The predicted molar refractivity (Wildman–Crippen MR) is 79.9 cm³/mol. The van der Waals surface area contributed by atoms with Crippen molar-refractivity contribution in [3.05, 3.63) is 34.9 Å². The fraction of sp³-hybridized carbons (Fsp3) is 0.308. The highest BCUT2D eigenvalue weighted by atomic mass is 32.2. The zero-order valence-electron chi connectivity index (χ0n) is 11.0. The van der Waals surface area contributed by atoms with Crippen molar-refractivity contribution in [1.29, 1.82) is 0 Å². The number of carbonyl (C=O) groups excluding carboxylic acids is 1. The maximum atomic E-state index is 12.3. The number of Topliss-reactive ketones (excluding diaryl/α,β-unsaturated/α-hetero) is 1. The van der Waals surface area contributed by atoms with Crippen LogP contribution in [0, 0.1) is 13.8 Å². The van der Waals surface area contributed by atoms with Crippen LogP contribution in [-0.4, -0.2) is 21.2 Å². The molecule has 0 bridgehead atoms. The average Bonchev–Trinajstić information content (AvgIpc) is 2.77. The van der Waals surface area contributed by atoms with E-state index in [9.17, 15) is 4.79 Å². The largest absolute Gasteiger partial charge is 0.374 e. The van der Waals surface area contributed by atoms with Crippen LogP contribution < -0.4 is 5.73 Å². The van der Waals surface area contributed by atoms with Gasteiger partial charge >= 0.3 is 0 Å². The first-order valence-electron chi connectivity index (χ1n) is 5.84. The number of nitrogens with zero attached hydrogens (tertiary/aromatic N) is 2. The molecule has 0 saturated carbocycles. The summed E-state index contributed by atoms with van der Waals surface area (Å²) in [6, 6.07) is 5.78. The molecule has 1 aromatic heterocycles. The van der Waals surface area contributed by atoms with Crippen molar-refractivity contribution in [3.8, 4) is 0 Å². The highest BCUT2D eigenvalue weighted by molar-refractivity contribution is 8.02. The fourth-order valence-corrected chi connectivity index (χ4v) is 3.46. The van der Waals surface area contributed by atoms with Crippen LogP contribution in [0.15, 0.2) is 22.5 Å². The number of ketones is 1. The van der Waals surface area contributed by atoms with Crippen LogP contribution >= 0.6 is 23.1 Å². The van der Waals surface area contributed by atoms with E-state index >= 15 is 0 Å². The van der Waals surface area contributed by atoms with Crippen molar-refractivity contribution in [2.24, 2.45) is 0 Å². The van der Waals surface area contributed by atoms with Gasteiger partial charge in [0.15, 0.2) is 10.1 Å². The van der Waals surface area contributed by atoms with Crippen LogP contribution in [0.1, 0.15) is 28.4 Å². The molecule has 0 aliphatic rings. The minimum absolute atomic E-state index is 0.0990. The Hall–Kier alpha value is -1.40. The number of thioether (sulfide) groups is 1. The summed E-state index contributed by atoms with van der Waals surface area (Å²) < 4.78 is 0.724. The van der Waals surface area contributed by atoms with E-state index < -0.39 is 0 Å². The van der Waals surface area contributed by atoms with Crippen LogP contribution in [0.25, 0.3) is 0 Å². The summed E-state index contributed by atoms with van der Waals surface area (Å²) in [6.07, 6.45) is 0. The van der Waals surface area contributed by atoms with Gasteiger partial charge in [0.2, 0.25) is 5.13 Å². The van der Waals surface area contributed by atoms with E-state index in [0.717, 1.165) is 15.5 Å². The molecule has 1 unspecified atom stereocenters. The number of hydrogen-bond donors (Lipinski definition) is 1. The fourth-order valence-electron chi connectivity index (χ4n) is 1.60. The summed E-state index contributed by atoms with van der Waals surface area (Å²) in [5.74, 6) is 0.0990. The lowest BCUT2D eigenvalue weighted by atomic mass is 10.0. The van der Waals surface area contributed by atoms with E-state index in [2.05, 4.69) is 10.2 Å². The summed E-state index contributed by atoms with van der Waals surface area (Å²) in [7, 11) is 0. The lowest BCUT2D eigenvalue weighted by molar-refractivity contribution is 0.0994. The number of aromatic nitrogens is 2. The molecule has 0 radical (unpaired) electrons. The van der Waals surface area contributed by atoms with E-state index in [-0.39, 0.29) is 11.0 Å². The Morgan fingerprint density at radius 3 is 2.63 bits per heavy atom. The van der Waals surface area contributed by atoms with Crippen LogP contribution in [0.2, 0.25) is 0 Å². The SMILES string of the molecule is Cc1ccc(C(=O)C(C)Sc2nnc(N)s2)cc1C. The molecule has 1 heterocycles. The summed E-state index contributed by atoms with van der Waals surface area (Å²) in [6.45, 7) is 5.92. The van der Waals surface area contributed by atoms with Crippen molar-refractivity contribution in [2.45, 2.75) is 30.4 Å². The van der Waals surface area contributed by atoms with Gasteiger partial charge in [0.25, 0.3) is 0 Å². The maximum absolute atomic E-state index is 12.3. The monoisotopic (exact) mass is 293 g/mol. The van der Waals surface area contributed by atoms with Crippen molar-refractivity contribution in [2.75, 3.05) is 5.73 Å². The van der Waals surface area contributed by atoms with Crippen LogP contribution in [0.5, 0.6) is 0 Å². The minimum Gasteiger partial charge on any atom is -0.374 e. The Morgan fingerprint density at radius 1 is 1.32 bits per heavy atom. The van der Waals surface area contributed by atoms with Crippen molar-refractivity contribution in [3.63, 3.8) is 0 Å². The van der Waals surface area contributed by atoms with Gasteiger partial charge in [0.05, 0.1) is 5.25 Å². The third-order valence-electron chi connectivity index (χ3n) is 2.86.